The Morgan fingerprint density at radius 1 is 1.43 bits per heavy atom. The summed E-state index contributed by atoms with van der Waals surface area (Å²) in [7, 11) is 0. The van der Waals surface area contributed by atoms with Crippen LogP contribution in [0.2, 0.25) is 5.15 Å². The van der Waals surface area contributed by atoms with Crippen LogP contribution >= 0.6 is 11.6 Å². The van der Waals surface area contributed by atoms with Crippen LogP contribution in [0.5, 0.6) is 5.75 Å². The zero-order valence-corrected chi connectivity index (χ0v) is 12.6. The number of anilines is 2. The summed E-state index contributed by atoms with van der Waals surface area (Å²) in [6.07, 6.45) is 1.63. The molecule has 0 saturated carbocycles. The van der Waals surface area contributed by atoms with Crippen molar-refractivity contribution in [1.29, 1.82) is 0 Å². The maximum atomic E-state index is 12.2. The number of pyridine rings is 1. The number of nitrogens with one attached hydrogen (secondary N) is 1. The third-order valence-electron chi connectivity index (χ3n) is 2.80. The molecular formula is C15H16ClN3O2. The molecule has 0 aliphatic rings. The van der Waals surface area contributed by atoms with Gasteiger partial charge in [0.25, 0.3) is 5.91 Å². The molecule has 0 radical (unpaired) electrons. The van der Waals surface area contributed by atoms with E-state index < -0.39 is 0 Å². The highest BCUT2D eigenvalue weighted by Crippen LogP contribution is 2.24. The van der Waals surface area contributed by atoms with Crippen molar-refractivity contribution in [1.82, 2.24) is 4.98 Å². The summed E-state index contributed by atoms with van der Waals surface area (Å²) in [4.78, 5) is 16.2. The molecule has 0 saturated heterocycles. The van der Waals surface area contributed by atoms with E-state index in [-0.39, 0.29) is 11.1 Å². The molecule has 1 heterocycles. The van der Waals surface area contributed by atoms with E-state index in [0.29, 0.717) is 29.3 Å². The minimum atomic E-state index is -0.306. The molecule has 2 aromatic rings. The number of hydrogen-bond acceptors (Lipinski definition) is 4. The van der Waals surface area contributed by atoms with Gasteiger partial charge in [-0.1, -0.05) is 11.6 Å². The fourth-order valence-electron chi connectivity index (χ4n) is 1.81. The molecular weight excluding hydrogens is 290 g/mol. The van der Waals surface area contributed by atoms with E-state index in [9.17, 15) is 4.79 Å². The Morgan fingerprint density at radius 3 is 2.86 bits per heavy atom. The second-order valence-corrected chi connectivity index (χ2v) is 4.85. The predicted molar refractivity (Wildman–Crippen MR) is 84.0 cm³/mol. The molecule has 110 valence electrons. The Bertz CT molecular complexity index is 674. The third kappa shape index (κ3) is 3.64. The number of nitrogen functional groups attached to an aromatic ring is 1. The summed E-state index contributed by atoms with van der Waals surface area (Å²) >= 11 is 5.95. The lowest BCUT2D eigenvalue weighted by atomic mass is 10.1. The molecule has 0 spiro atoms. The van der Waals surface area contributed by atoms with E-state index in [1.54, 1.807) is 30.5 Å². The van der Waals surface area contributed by atoms with Gasteiger partial charge in [0, 0.05) is 11.8 Å². The lowest BCUT2D eigenvalue weighted by Gasteiger charge is -2.10. The van der Waals surface area contributed by atoms with Gasteiger partial charge in [-0.15, -0.1) is 0 Å². The number of carbonyl (C=O) groups excluding carboxylic acids is 1. The van der Waals surface area contributed by atoms with Crippen molar-refractivity contribution >= 4 is 28.9 Å². The van der Waals surface area contributed by atoms with E-state index in [0.717, 1.165) is 5.56 Å². The van der Waals surface area contributed by atoms with Crippen LogP contribution in [0.3, 0.4) is 0 Å². The quantitative estimate of drug-likeness (QED) is 0.671. The second-order valence-electron chi connectivity index (χ2n) is 4.49. The van der Waals surface area contributed by atoms with Crippen molar-refractivity contribution in [2.75, 3.05) is 17.7 Å². The molecule has 1 amide bonds. The van der Waals surface area contributed by atoms with Gasteiger partial charge >= 0.3 is 0 Å². The van der Waals surface area contributed by atoms with E-state index in [2.05, 4.69) is 10.3 Å². The average molecular weight is 306 g/mol. The Balaban J connectivity index is 2.20. The first-order chi connectivity index (χ1) is 10.0. The van der Waals surface area contributed by atoms with Crippen LogP contribution in [-0.2, 0) is 0 Å². The van der Waals surface area contributed by atoms with E-state index in [1.807, 2.05) is 13.8 Å². The molecule has 3 N–H and O–H groups in total. The molecule has 0 aliphatic carbocycles. The van der Waals surface area contributed by atoms with Crippen molar-refractivity contribution < 1.29 is 9.53 Å². The molecule has 0 fully saturated rings. The van der Waals surface area contributed by atoms with Crippen molar-refractivity contribution in [2.24, 2.45) is 0 Å². The van der Waals surface area contributed by atoms with Gasteiger partial charge in [0.2, 0.25) is 0 Å². The van der Waals surface area contributed by atoms with Gasteiger partial charge in [-0.3, -0.25) is 4.79 Å². The highest BCUT2D eigenvalue weighted by Gasteiger charge is 2.11. The van der Waals surface area contributed by atoms with Crippen LogP contribution in [-0.4, -0.2) is 17.5 Å². The number of benzene rings is 1. The fourth-order valence-corrected chi connectivity index (χ4v) is 1.96. The van der Waals surface area contributed by atoms with Crippen LogP contribution in [0.15, 0.2) is 30.5 Å². The number of hydrogen-bond donors (Lipinski definition) is 2. The Hall–Kier alpha value is -2.27. The van der Waals surface area contributed by atoms with E-state index >= 15 is 0 Å². The van der Waals surface area contributed by atoms with Gasteiger partial charge in [0.1, 0.15) is 5.75 Å². The lowest BCUT2D eigenvalue weighted by molar-refractivity contribution is 0.102. The maximum Gasteiger partial charge on any atom is 0.255 e. The summed E-state index contributed by atoms with van der Waals surface area (Å²) in [6, 6.07) is 6.64. The van der Waals surface area contributed by atoms with Crippen LogP contribution in [0.1, 0.15) is 22.8 Å². The standard InChI is InChI=1S/C15H16ClN3O2/c1-3-21-13-5-4-10(7-11(13)17)15(20)19-12-6-9(2)8-18-14(12)16/h4-8H,3,17H2,1-2H3,(H,19,20). The fraction of sp³-hybridized carbons (Fsp3) is 0.200. The summed E-state index contributed by atoms with van der Waals surface area (Å²) in [5.41, 5.74) is 8.06. The summed E-state index contributed by atoms with van der Waals surface area (Å²) in [5, 5.41) is 2.96. The minimum Gasteiger partial charge on any atom is -0.492 e. The van der Waals surface area contributed by atoms with Crippen molar-refractivity contribution in [3.05, 3.63) is 46.7 Å². The molecule has 0 bridgehead atoms. The molecule has 2 rings (SSSR count). The number of nitrogens with zero attached hydrogens (tertiary/aromatic N) is 1. The molecule has 1 aromatic heterocycles. The highest BCUT2D eigenvalue weighted by molar-refractivity contribution is 6.32. The summed E-state index contributed by atoms with van der Waals surface area (Å²) < 4.78 is 5.34. The summed E-state index contributed by atoms with van der Waals surface area (Å²) in [6.45, 7) is 4.25. The van der Waals surface area contributed by atoms with E-state index in [4.69, 9.17) is 22.1 Å². The first-order valence-corrected chi connectivity index (χ1v) is 6.85. The second kappa shape index (κ2) is 6.45. The minimum absolute atomic E-state index is 0.243. The van der Waals surface area contributed by atoms with Crippen LogP contribution in [0.4, 0.5) is 11.4 Å². The normalized spacial score (nSPS) is 10.2. The number of amides is 1. The number of ether oxygens (including phenoxy) is 1. The van der Waals surface area contributed by atoms with Crippen molar-refractivity contribution in [3.63, 3.8) is 0 Å². The number of aromatic nitrogens is 1. The topological polar surface area (TPSA) is 77.2 Å². The molecule has 5 nitrogen and oxygen atoms in total. The number of nitrogens with two attached hydrogens (primary N) is 1. The van der Waals surface area contributed by atoms with Crippen molar-refractivity contribution in [3.8, 4) is 5.75 Å². The average Bonchev–Trinajstić information content (AvgIpc) is 2.45. The van der Waals surface area contributed by atoms with Gasteiger partial charge in [-0.2, -0.15) is 0 Å². The van der Waals surface area contributed by atoms with Gasteiger partial charge in [-0.05, 0) is 43.7 Å². The SMILES string of the molecule is CCOc1ccc(C(=O)Nc2cc(C)cnc2Cl)cc1N. The highest BCUT2D eigenvalue weighted by atomic mass is 35.5. The Labute approximate surface area is 128 Å². The maximum absolute atomic E-state index is 12.2. The smallest absolute Gasteiger partial charge is 0.255 e. The molecule has 6 heteroatoms. The van der Waals surface area contributed by atoms with Crippen LogP contribution in [0.25, 0.3) is 0 Å². The number of rotatable bonds is 4. The molecule has 0 atom stereocenters. The zero-order chi connectivity index (χ0) is 15.4. The predicted octanol–water partition coefficient (Wildman–Crippen LogP) is 3.28. The lowest BCUT2D eigenvalue weighted by Crippen LogP contribution is -2.13. The summed E-state index contributed by atoms with van der Waals surface area (Å²) in [5.74, 6) is 0.253. The molecule has 21 heavy (non-hydrogen) atoms. The van der Waals surface area contributed by atoms with Crippen LogP contribution < -0.4 is 15.8 Å². The number of halogens is 1. The van der Waals surface area contributed by atoms with E-state index in [1.165, 1.54) is 0 Å². The monoisotopic (exact) mass is 305 g/mol. The first-order valence-electron chi connectivity index (χ1n) is 6.47. The first kappa shape index (κ1) is 15.1. The third-order valence-corrected chi connectivity index (χ3v) is 3.10. The number of aryl methyl sites for hydroxylation is 1. The van der Waals surface area contributed by atoms with Gasteiger partial charge in [0.15, 0.2) is 5.15 Å². The molecule has 0 unspecified atom stereocenters. The van der Waals surface area contributed by atoms with Crippen molar-refractivity contribution in [2.45, 2.75) is 13.8 Å². The number of carbonyl (C=O) groups is 1. The van der Waals surface area contributed by atoms with Gasteiger partial charge in [-0.25, -0.2) is 4.98 Å². The molecule has 0 aliphatic heterocycles. The van der Waals surface area contributed by atoms with Gasteiger partial charge < -0.3 is 15.8 Å². The Kier molecular flexibility index (Phi) is 4.65. The van der Waals surface area contributed by atoms with Gasteiger partial charge in [0.05, 0.1) is 18.0 Å². The Morgan fingerprint density at radius 2 is 2.19 bits per heavy atom. The largest absolute Gasteiger partial charge is 0.492 e. The van der Waals surface area contributed by atoms with Crippen LogP contribution in [0, 0.1) is 6.92 Å². The molecule has 1 aromatic carbocycles. The zero-order valence-electron chi connectivity index (χ0n) is 11.8.